The molecule has 1 unspecified atom stereocenters. The summed E-state index contributed by atoms with van der Waals surface area (Å²) in [4.78, 5) is 11.1. The molecule has 0 radical (unpaired) electrons. The molecule has 2 rings (SSSR count). The molecular formula is C9H12ClN3O. The van der Waals surface area contributed by atoms with Crippen molar-refractivity contribution < 1.29 is 4.79 Å². The zero-order valence-corrected chi connectivity index (χ0v) is 8.47. The van der Waals surface area contributed by atoms with E-state index in [1.165, 1.54) is 5.56 Å². The fraction of sp³-hybridized carbons (Fsp3) is 0.556. The van der Waals surface area contributed by atoms with E-state index in [2.05, 4.69) is 15.5 Å². The minimum atomic E-state index is -0.0976. The molecule has 0 aliphatic heterocycles. The molecule has 1 heterocycles. The lowest BCUT2D eigenvalue weighted by Crippen LogP contribution is -2.39. The summed E-state index contributed by atoms with van der Waals surface area (Å²) >= 11 is 5.42. The number of aromatic amines is 1. The highest BCUT2D eigenvalue weighted by Gasteiger charge is 2.20. The van der Waals surface area contributed by atoms with Crippen LogP contribution in [0, 0.1) is 0 Å². The molecule has 0 saturated carbocycles. The van der Waals surface area contributed by atoms with Crippen molar-refractivity contribution >= 4 is 17.5 Å². The number of hydrogen-bond acceptors (Lipinski definition) is 2. The SMILES string of the molecule is O=C(CCl)NC1CCc2cn[nH]c2C1. The molecule has 4 nitrogen and oxygen atoms in total. The number of H-pyrrole nitrogens is 1. The largest absolute Gasteiger partial charge is 0.352 e. The molecule has 14 heavy (non-hydrogen) atoms. The molecule has 0 fully saturated rings. The van der Waals surface area contributed by atoms with Crippen molar-refractivity contribution in [3.8, 4) is 0 Å². The van der Waals surface area contributed by atoms with E-state index in [1.807, 2.05) is 6.20 Å². The van der Waals surface area contributed by atoms with Crippen LogP contribution in [0.25, 0.3) is 0 Å². The van der Waals surface area contributed by atoms with E-state index in [1.54, 1.807) is 0 Å². The van der Waals surface area contributed by atoms with E-state index < -0.39 is 0 Å². The lowest BCUT2D eigenvalue weighted by molar-refractivity contribution is -0.119. The van der Waals surface area contributed by atoms with Crippen molar-refractivity contribution in [2.45, 2.75) is 25.3 Å². The Morgan fingerprint density at radius 2 is 2.64 bits per heavy atom. The van der Waals surface area contributed by atoms with Gasteiger partial charge in [0.1, 0.15) is 5.88 Å². The number of halogens is 1. The van der Waals surface area contributed by atoms with Gasteiger partial charge in [-0.2, -0.15) is 5.10 Å². The molecule has 0 spiro atoms. The first-order valence-corrected chi connectivity index (χ1v) is 5.19. The van der Waals surface area contributed by atoms with Gasteiger partial charge in [0.15, 0.2) is 0 Å². The van der Waals surface area contributed by atoms with Gasteiger partial charge in [-0.25, -0.2) is 0 Å². The third-order valence-electron chi connectivity index (χ3n) is 2.51. The van der Waals surface area contributed by atoms with Crippen LogP contribution in [0.2, 0.25) is 0 Å². The Balaban J connectivity index is 1.97. The van der Waals surface area contributed by atoms with Gasteiger partial charge >= 0.3 is 0 Å². The zero-order chi connectivity index (χ0) is 9.97. The van der Waals surface area contributed by atoms with Crippen LogP contribution in [0.4, 0.5) is 0 Å². The quantitative estimate of drug-likeness (QED) is 0.708. The van der Waals surface area contributed by atoms with Crippen molar-refractivity contribution in [1.29, 1.82) is 0 Å². The average molecular weight is 214 g/mol. The first kappa shape index (κ1) is 9.52. The van der Waals surface area contributed by atoms with Crippen molar-refractivity contribution in [3.05, 3.63) is 17.5 Å². The second-order valence-electron chi connectivity index (χ2n) is 3.51. The van der Waals surface area contributed by atoms with Gasteiger partial charge < -0.3 is 5.32 Å². The van der Waals surface area contributed by atoms with Gasteiger partial charge in [0.2, 0.25) is 5.91 Å². The van der Waals surface area contributed by atoms with E-state index in [4.69, 9.17) is 11.6 Å². The van der Waals surface area contributed by atoms with Gasteiger partial charge in [0, 0.05) is 18.2 Å². The van der Waals surface area contributed by atoms with Crippen LogP contribution in [0.15, 0.2) is 6.20 Å². The van der Waals surface area contributed by atoms with Crippen LogP contribution in [0.3, 0.4) is 0 Å². The maximum absolute atomic E-state index is 11.1. The highest BCUT2D eigenvalue weighted by molar-refractivity contribution is 6.27. The van der Waals surface area contributed by atoms with Gasteiger partial charge in [-0.05, 0) is 18.4 Å². The van der Waals surface area contributed by atoms with E-state index >= 15 is 0 Å². The molecule has 1 aliphatic carbocycles. The number of nitrogens with one attached hydrogen (secondary N) is 2. The molecule has 1 aromatic heterocycles. The third kappa shape index (κ3) is 1.90. The first-order chi connectivity index (χ1) is 6.79. The van der Waals surface area contributed by atoms with Crippen molar-refractivity contribution in [2.75, 3.05) is 5.88 Å². The second kappa shape index (κ2) is 4.00. The van der Waals surface area contributed by atoms with Crippen LogP contribution in [-0.2, 0) is 17.6 Å². The van der Waals surface area contributed by atoms with Crippen LogP contribution < -0.4 is 5.32 Å². The van der Waals surface area contributed by atoms with Gasteiger partial charge in [-0.1, -0.05) is 0 Å². The molecule has 0 bridgehead atoms. The van der Waals surface area contributed by atoms with E-state index in [0.29, 0.717) is 0 Å². The number of alkyl halides is 1. The monoisotopic (exact) mass is 213 g/mol. The number of carbonyl (C=O) groups is 1. The number of rotatable bonds is 2. The summed E-state index contributed by atoms with van der Waals surface area (Å²) in [5, 5.41) is 9.80. The Hall–Kier alpha value is -1.03. The fourth-order valence-corrected chi connectivity index (χ4v) is 1.87. The number of aryl methyl sites for hydroxylation is 1. The molecule has 0 saturated heterocycles. The summed E-state index contributed by atoms with van der Waals surface area (Å²) in [5.74, 6) is -0.0635. The lowest BCUT2D eigenvalue weighted by Gasteiger charge is -2.22. The van der Waals surface area contributed by atoms with Crippen molar-refractivity contribution in [1.82, 2.24) is 15.5 Å². The number of nitrogens with zero attached hydrogens (tertiary/aromatic N) is 1. The topological polar surface area (TPSA) is 57.8 Å². The van der Waals surface area contributed by atoms with Crippen molar-refractivity contribution in [2.24, 2.45) is 0 Å². The lowest BCUT2D eigenvalue weighted by atomic mass is 9.94. The van der Waals surface area contributed by atoms with Gasteiger partial charge in [-0.3, -0.25) is 9.89 Å². The predicted octanol–water partition coefficient (Wildman–Crippen LogP) is 0.622. The Morgan fingerprint density at radius 1 is 1.79 bits per heavy atom. The second-order valence-corrected chi connectivity index (χ2v) is 3.78. The van der Waals surface area contributed by atoms with Gasteiger partial charge in [-0.15, -0.1) is 11.6 Å². The molecule has 1 atom stereocenters. The summed E-state index contributed by atoms with van der Waals surface area (Å²) in [6.45, 7) is 0. The van der Waals surface area contributed by atoms with Crippen LogP contribution in [0.5, 0.6) is 0 Å². The molecule has 1 aromatic rings. The molecule has 5 heteroatoms. The third-order valence-corrected chi connectivity index (χ3v) is 2.75. The Bertz CT molecular complexity index is 337. The normalized spacial score (nSPS) is 20.2. The standard InChI is InChI=1S/C9H12ClN3O/c10-4-9(14)12-7-2-1-6-5-11-13-8(6)3-7/h5,7H,1-4H2,(H,11,13)(H,12,14). The summed E-state index contributed by atoms with van der Waals surface area (Å²) in [6.07, 6.45) is 4.63. The summed E-state index contributed by atoms with van der Waals surface area (Å²) in [5.41, 5.74) is 2.40. The molecular weight excluding hydrogens is 202 g/mol. The Morgan fingerprint density at radius 3 is 3.43 bits per heavy atom. The number of aromatic nitrogens is 2. The molecule has 1 aliphatic rings. The summed E-state index contributed by atoms with van der Waals surface area (Å²) < 4.78 is 0. The highest BCUT2D eigenvalue weighted by atomic mass is 35.5. The number of fused-ring (bicyclic) bond motifs is 1. The van der Waals surface area contributed by atoms with Crippen LogP contribution >= 0.6 is 11.6 Å². The van der Waals surface area contributed by atoms with Crippen molar-refractivity contribution in [3.63, 3.8) is 0 Å². The molecule has 2 N–H and O–H groups in total. The van der Waals surface area contributed by atoms with Gasteiger partial charge in [0.25, 0.3) is 0 Å². The molecule has 76 valence electrons. The Kier molecular flexibility index (Phi) is 2.72. The first-order valence-electron chi connectivity index (χ1n) is 4.66. The summed E-state index contributed by atoms with van der Waals surface area (Å²) in [7, 11) is 0. The van der Waals surface area contributed by atoms with E-state index in [-0.39, 0.29) is 17.8 Å². The molecule has 0 aromatic carbocycles. The number of carbonyl (C=O) groups excluding carboxylic acids is 1. The van der Waals surface area contributed by atoms with E-state index in [9.17, 15) is 4.79 Å². The minimum absolute atomic E-state index is 0.0341. The average Bonchev–Trinajstić information content (AvgIpc) is 2.64. The maximum atomic E-state index is 11.1. The van der Waals surface area contributed by atoms with Crippen LogP contribution in [0.1, 0.15) is 17.7 Å². The molecule has 1 amide bonds. The smallest absolute Gasteiger partial charge is 0.235 e. The predicted molar refractivity (Wildman–Crippen MR) is 53.3 cm³/mol. The van der Waals surface area contributed by atoms with E-state index in [0.717, 1.165) is 25.0 Å². The number of hydrogen-bond donors (Lipinski definition) is 2. The minimum Gasteiger partial charge on any atom is -0.352 e. The fourth-order valence-electron chi connectivity index (χ4n) is 1.80. The highest BCUT2D eigenvalue weighted by Crippen LogP contribution is 2.18. The summed E-state index contributed by atoms with van der Waals surface area (Å²) in [6, 6.07) is 0.203. The van der Waals surface area contributed by atoms with Gasteiger partial charge in [0.05, 0.1) is 6.20 Å². The number of amides is 1. The Labute approximate surface area is 87.0 Å². The zero-order valence-electron chi connectivity index (χ0n) is 7.72. The van der Waals surface area contributed by atoms with Crippen LogP contribution in [-0.4, -0.2) is 28.0 Å². The maximum Gasteiger partial charge on any atom is 0.235 e.